The van der Waals surface area contributed by atoms with Gasteiger partial charge in [-0.3, -0.25) is 4.79 Å². The van der Waals surface area contributed by atoms with Gasteiger partial charge in [0.05, 0.1) is 19.3 Å². The summed E-state index contributed by atoms with van der Waals surface area (Å²) in [5, 5.41) is 9.20. The molecule has 6 heteroatoms. The molecule has 2 rings (SSSR count). The van der Waals surface area contributed by atoms with Crippen LogP contribution < -0.4 is 4.90 Å². The minimum atomic E-state index is -0.825. The van der Waals surface area contributed by atoms with Crippen molar-refractivity contribution in [2.75, 3.05) is 24.7 Å². The van der Waals surface area contributed by atoms with Gasteiger partial charge in [-0.2, -0.15) is 0 Å². The van der Waals surface area contributed by atoms with E-state index in [1.807, 2.05) is 11.8 Å². The highest BCUT2D eigenvalue weighted by atomic mass is 16.5. The Labute approximate surface area is 106 Å². The van der Waals surface area contributed by atoms with Crippen LogP contribution in [0.1, 0.15) is 13.3 Å². The van der Waals surface area contributed by atoms with Gasteiger partial charge in [0, 0.05) is 18.9 Å². The van der Waals surface area contributed by atoms with Crippen molar-refractivity contribution in [2.45, 2.75) is 19.4 Å². The van der Waals surface area contributed by atoms with Crippen LogP contribution in [0.5, 0.6) is 0 Å². The van der Waals surface area contributed by atoms with Crippen LogP contribution in [0.25, 0.3) is 0 Å². The molecule has 1 aliphatic heterocycles. The summed E-state index contributed by atoms with van der Waals surface area (Å²) in [6.45, 7) is 3.44. The Morgan fingerprint density at radius 2 is 2.22 bits per heavy atom. The van der Waals surface area contributed by atoms with Gasteiger partial charge in [-0.05, 0) is 12.5 Å². The number of carboxylic acids is 1. The number of hydrogen-bond donors (Lipinski definition) is 1. The Bertz CT molecular complexity index is 399. The van der Waals surface area contributed by atoms with E-state index in [1.165, 1.54) is 0 Å². The number of carboxylic acid groups (broad SMARTS) is 1. The first kappa shape index (κ1) is 12.8. The van der Waals surface area contributed by atoms with Gasteiger partial charge in [-0.25, -0.2) is 9.97 Å². The number of ether oxygens (including phenoxy) is 1. The SMILES string of the molecule is CCCN(c1ncccn1)C1COCC1C(=O)O. The lowest BCUT2D eigenvalue weighted by molar-refractivity contribution is -0.142. The number of nitrogens with zero attached hydrogens (tertiary/aromatic N) is 3. The van der Waals surface area contributed by atoms with E-state index >= 15 is 0 Å². The molecule has 0 amide bonds. The normalized spacial score (nSPS) is 22.9. The fourth-order valence-electron chi connectivity index (χ4n) is 2.18. The molecule has 1 fully saturated rings. The van der Waals surface area contributed by atoms with Gasteiger partial charge in [0.1, 0.15) is 5.92 Å². The van der Waals surface area contributed by atoms with Crippen molar-refractivity contribution in [1.82, 2.24) is 9.97 Å². The van der Waals surface area contributed by atoms with Crippen LogP contribution in [-0.4, -0.2) is 46.8 Å². The van der Waals surface area contributed by atoms with Crippen molar-refractivity contribution in [3.63, 3.8) is 0 Å². The molecule has 1 aromatic rings. The van der Waals surface area contributed by atoms with E-state index < -0.39 is 11.9 Å². The molecular weight excluding hydrogens is 234 g/mol. The summed E-state index contributed by atoms with van der Waals surface area (Å²) < 4.78 is 5.30. The van der Waals surface area contributed by atoms with E-state index in [4.69, 9.17) is 4.74 Å². The smallest absolute Gasteiger partial charge is 0.311 e. The predicted octanol–water partition coefficient (Wildman–Crippen LogP) is 0.793. The molecule has 2 unspecified atom stereocenters. The third-order valence-electron chi connectivity index (χ3n) is 3.04. The van der Waals surface area contributed by atoms with E-state index in [-0.39, 0.29) is 12.6 Å². The molecule has 98 valence electrons. The number of hydrogen-bond acceptors (Lipinski definition) is 5. The summed E-state index contributed by atoms with van der Waals surface area (Å²) in [4.78, 5) is 21.5. The molecule has 1 N–H and O–H groups in total. The molecule has 18 heavy (non-hydrogen) atoms. The topological polar surface area (TPSA) is 75.5 Å². The van der Waals surface area contributed by atoms with Crippen molar-refractivity contribution in [1.29, 1.82) is 0 Å². The standard InChI is InChI=1S/C12H17N3O3/c1-2-6-15(12-13-4-3-5-14-12)10-8-18-7-9(10)11(16)17/h3-5,9-10H,2,6-8H2,1H3,(H,16,17). The Hall–Kier alpha value is -1.69. The summed E-state index contributed by atoms with van der Waals surface area (Å²) in [6.07, 6.45) is 4.23. The van der Waals surface area contributed by atoms with Crippen molar-refractivity contribution < 1.29 is 14.6 Å². The average Bonchev–Trinajstić information content (AvgIpc) is 2.86. The fourth-order valence-corrected chi connectivity index (χ4v) is 2.18. The molecule has 1 aliphatic rings. The minimum Gasteiger partial charge on any atom is -0.481 e. The Kier molecular flexibility index (Phi) is 4.09. The zero-order chi connectivity index (χ0) is 13.0. The lowest BCUT2D eigenvalue weighted by Crippen LogP contribution is -2.44. The van der Waals surface area contributed by atoms with Crippen molar-refractivity contribution in [2.24, 2.45) is 5.92 Å². The van der Waals surface area contributed by atoms with E-state index in [0.717, 1.165) is 13.0 Å². The Balaban J connectivity index is 2.22. The maximum atomic E-state index is 11.2. The van der Waals surface area contributed by atoms with Crippen LogP contribution in [0.15, 0.2) is 18.5 Å². The van der Waals surface area contributed by atoms with Gasteiger partial charge < -0.3 is 14.7 Å². The lowest BCUT2D eigenvalue weighted by atomic mass is 10.0. The number of carbonyl (C=O) groups is 1. The quantitative estimate of drug-likeness (QED) is 0.834. The average molecular weight is 251 g/mol. The van der Waals surface area contributed by atoms with E-state index in [0.29, 0.717) is 12.6 Å². The zero-order valence-electron chi connectivity index (χ0n) is 10.3. The minimum absolute atomic E-state index is 0.190. The fraction of sp³-hybridized carbons (Fsp3) is 0.583. The molecule has 0 aliphatic carbocycles. The van der Waals surface area contributed by atoms with E-state index in [9.17, 15) is 9.90 Å². The highest BCUT2D eigenvalue weighted by Gasteiger charge is 2.38. The number of aliphatic carboxylic acids is 1. The third-order valence-corrected chi connectivity index (χ3v) is 3.04. The molecule has 0 aromatic carbocycles. The summed E-state index contributed by atoms with van der Waals surface area (Å²) in [6, 6.07) is 1.55. The monoisotopic (exact) mass is 251 g/mol. The molecule has 0 radical (unpaired) electrons. The molecule has 0 saturated carbocycles. The third kappa shape index (κ3) is 2.59. The highest BCUT2D eigenvalue weighted by Crippen LogP contribution is 2.23. The summed E-state index contributed by atoms with van der Waals surface area (Å²) in [5.41, 5.74) is 0. The maximum absolute atomic E-state index is 11.2. The van der Waals surface area contributed by atoms with Crippen LogP contribution in [0, 0.1) is 5.92 Å². The van der Waals surface area contributed by atoms with Crippen molar-refractivity contribution >= 4 is 11.9 Å². The van der Waals surface area contributed by atoms with Crippen LogP contribution in [0.3, 0.4) is 0 Å². The van der Waals surface area contributed by atoms with E-state index in [2.05, 4.69) is 9.97 Å². The molecule has 0 bridgehead atoms. The highest BCUT2D eigenvalue weighted by molar-refractivity contribution is 5.72. The van der Waals surface area contributed by atoms with Crippen LogP contribution in [0.4, 0.5) is 5.95 Å². The summed E-state index contributed by atoms with van der Waals surface area (Å²) >= 11 is 0. The van der Waals surface area contributed by atoms with E-state index in [1.54, 1.807) is 18.5 Å². The van der Waals surface area contributed by atoms with Gasteiger partial charge in [0.15, 0.2) is 0 Å². The van der Waals surface area contributed by atoms with Crippen molar-refractivity contribution in [3.8, 4) is 0 Å². The molecular formula is C12H17N3O3. The van der Waals surface area contributed by atoms with Crippen LogP contribution in [0.2, 0.25) is 0 Å². The summed E-state index contributed by atoms with van der Waals surface area (Å²) in [7, 11) is 0. The molecule has 1 aromatic heterocycles. The largest absolute Gasteiger partial charge is 0.481 e. The summed E-state index contributed by atoms with van der Waals surface area (Å²) in [5.74, 6) is -0.768. The Morgan fingerprint density at radius 3 is 2.83 bits per heavy atom. The molecule has 2 heterocycles. The lowest BCUT2D eigenvalue weighted by Gasteiger charge is -2.29. The number of anilines is 1. The van der Waals surface area contributed by atoms with Gasteiger partial charge in [0.25, 0.3) is 0 Å². The number of aromatic nitrogens is 2. The predicted molar refractivity (Wildman–Crippen MR) is 65.4 cm³/mol. The first-order valence-electron chi connectivity index (χ1n) is 6.08. The first-order valence-corrected chi connectivity index (χ1v) is 6.08. The molecule has 2 atom stereocenters. The van der Waals surface area contributed by atoms with Gasteiger partial charge in [-0.1, -0.05) is 6.92 Å². The van der Waals surface area contributed by atoms with Crippen LogP contribution >= 0.6 is 0 Å². The van der Waals surface area contributed by atoms with Crippen LogP contribution in [-0.2, 0) is 9.53 Å². The van der Waals surface area contributed by atoms with Gasteiger partial charge in [0.2, 0.25) is 5.95 Å². The number of rotatable bonds is 5. The second kappa shape index (κ2) is 5.77. The zero-order valence-corrected chi connectivity index (χ0v) is 10.3. The second-order valence-electron chi connectivity index (χ2n) is 4.29. The first-order chi connectivity index (χ1) is 8.74. The van der Waals surface area contributed by atoms with Gasteiger partial charge >= 0.3 is 5.97 Å². The molecule has 1 saturated heterocycles. The Morgan fingerprint density at radius 1 is 1.50 bits per heavy atom. The van der Waals surface area contributed by atoms with Gasteiger partial charge in [-0.15, -0.1) is 0 Å². The van der Waals surface area contributed by atoms with Crippen molar-refractivity contribution in [3.05, 3.63) is 18.5 Å². The maximum Gasteiger partial charge on any atom is 0.311 e. The molecule has 0 spiro atoms. The molecule has 6 nitrogen and oxygen atoms in total. The second-order valence-corrected chi connectivity index (χ2v) is 4.29.